The zero-order valence-electron chi connectivity index (χ0n) is 18.4. The quantitative estimate of drug-likeness (QED) is 0.577. The maximum absolute atomic E-state index is 13.8. The predicted molar refractivity (Wildman–Crippen MR) is 111 cm³/mol. The summed E-state index contributed by atoms with van der Waals surface area (Å²) in [6.07, 6.45) is -2.59. The summed E-state index contributed by atoms with van der Waals surface area (Å²) in [5.41, 5.74) is 1.55. The van der Waals surface area contributed by atoms with Gasteiger partial charge in [-0.05, 0) is 45.2 Å². The first-order valence-corrected chi connectivity index (χ1v) is 10.8. The minimum absolute atomic E-state index is 0.0440. The molecule has 1 fully saturated rings. The Kier molecular flexibility index (Phi) is 5.96. The summed E-state index contributed by atoms with van der Waals surface area (Å²) < 4.78 is 48.4. The van der Waals surface area contributed by atoms with Crippen molar-refractivity contribution in [2.45, 2.75) is 65.1 Å². The van der Waals surface area contributed by atoms with Crippen LogP contribution in [0.5, 0.6) is 0 Å². The van der Waals surface area contributed by atoms with Crippen molar-refractivity contribution in [2.24, 2.45) is 0 Å². The Hall–Kier alpha value is -2.91. The summed E-state index contributed by atoms with van der Waals surface area (Å²) in [6.45, 7) is 6.93. The number of pyridine rings is 1. The molecule has 0 radical (unpaired) electrons. The Morgan fingerprint density at radius 2 is 2.06 bits per heavy atom. The number of aromatic nitrogens is 4. The molecule has 1 saturated heterocycles. The van der Waals surface area contributed by atoms with Gasteiger partial charge in [-0.25, -0.2) is 4.98 Å². The van der Waals surface area contributed by atoms with E-state index in [1.807, 2.05) is 19.9 Å². The number of likely N-dealkylation sites (tertiary alicyclic amines) is 1. The molecular weight excluding hydrogens is 423 g/mol. The van der Waals surface area contributed by atoms with Gasteiger partial charge in [-0.2, -0.15) is 18.3 Å². The summed E-state index contributed by atoms with van der Waals surface area (Å²) in [7, 11) is 0. The Morgan fingerprint density at radius 3 is 2.72 bits per heavy atom. The molecule has 10 heteroatoms. The van der Waals surface area contributed by atoms with Gasteiger partial charge in [-0.3, -0.25) is 9.48 Å². The predicted octanol–water partition coefficient (Wildman–Crippen LogP) is 4.41. The van der Waals surface area contributed by atoms with Crippen LogP contribution in [0.3, 0.4) is 0 Å². The Morgan fingerprint density at radius 1 is 1.28 bits per heavy atom. The van der Waals surface area contributed by atoms with E-state index in [0.29, 0.717) is 44.6 Å². The smallest absolute Gasteiger partial charge is 0.342 e. The molecule has 0 spiro atoms. The van der Waals surface area contributed by atoms with E-state index in [2.05, 4.69) is 15.2 Å². The van der Waals surface area contributed by atoms with Crippen molar-refractivity contribution in [2.75, 3.05) is 13.1 Å². The van der Waals surface area contributed by atoms with Gasteiger partial charge in [-0.1, -0.05) is 12.1 Å². The third kappa shape index (κ3) is 4.35. The number of piperidine rings is 1. The lowest BCUT2D eigenvalue weighted by Crippen LogP contribution is -2.39. The van der Waals surface area contributed by atoms with Crippen LogP contribution in [0, 0.1) is 13.8 Å². The molecule has 3 aromatic rings. The van der Waals surface area contributed by atoms with E-state index in [1.165, 1.54) is 0 Å². The summed E-state index contributed by atoms with van der Waals surface area (Å²) in [5.74, 6) is -0.379. The molecule has 1 unspecified atom stereocenters. The summed E-state index contributed by atoms with van der Waals surface area (Å²) in [6, 6.07) is 3.02. The Balaban J connectivity index is 1.55. The molecule has 32 heavy (non-hydrogen) atoms. The molecule has 4 heterocycles. The van der Waals surface area contributed by atoms with Gasteiger partial charge in [0.15, 0.2) is 0 Å². The van der Waals surface area contributed by atoms with Gasteiger partial charge in [0.25, 0.3) is 5.71 Å². The number of rotatable bonds is 5. The number of hydrogen-bond acceptors (Lipinski definition) is 5. The normalized spacial score (nSPS) is 17.3. The molecule has 1 aliphatic rings. The van der Waals surface area contributed by atoms with Crippen molar-refractivity contribution in [1.82, 2.24) is 24.8 Å². The molecule has 1 aliphatic heterocycles. The highest BCUT2D eigenvalue weighted by atomic mass is 19.4. The molecule has 0 bridgehead atoms. The first kappa shape index (κ1) is 22.3. The number of carbonyl (C=O) groups excluding carboxylic acids is 1. The number of halogens is 3. The van der Waals surface area contributed by atoms with E-state index >= 15 is 0 Å². The number of fused-ring (bicyclic) bond motifs is 1. The van der Waals surface area contributed by atoms with Crippen LogP contribution in [-0.2, 0) is 23.9 Å². The van der Waals surface area contributed by atoms with Crippen molar-refractivity contribution in [1.29, 1.82) is 0 Å². The van der Waals surface area contributed by atoms with Crippen molar-refractivity contribution in [3.8, 4) is 0 Å². The number of nitrogens with zero attached hydrogens (tertiary/aromatic N) is 5. The van der Waals surface area contributed by atoms with Crippen LogP contribution in [0.4, 0.5) is 13.2 Å². The molecule has 0 saturated carbocycles. The van der Waals surface area contributed by atoms with Gasteiger partial charge >= 0.3 is 6.18 Å². The third-order valence-electron chi connectivity index (χ3n) is 6.00. The fourth-order valence-corrected chi connectivity index (χ4v) is 4.40. The van der Waals surface area contributed by atoms with Gasteiger partial charge in [0.05, 0.1) is 22.3 Å². The van der Waals surface area contributed by atoms with Gasteiger partial charge in [0.1, 0.15) is 0 Å². The van der Waals surface area contributed by atoms with Crippen molar-refractivity contribution < 1.29 is 22.5 Å². The van der Waals surface area contributed by atoms with Gasteiger partial charge in [0, 0.05) is 43.4 Å². The maximum atomic E-state index is 13.8. The second kappa shape index (κ2) is 8.55. The highest BCUT2D eigenvalue weighted by molar-refractivity contribution is 5.82. The first-order valence-electron chi connectivity index (χ1n) is 10.8. The average Bonchev–Trinajstić information content (AvgIpc) is 3.32. The molecule has 3 aromatic heterocycles. The van der Waals surface area contributed by atoms with Crippen LogP contribution in [-0.4, -0.2) is 43.8 Å². The number of aryl methyl sites for hydroxylation is 4. The van der Waals surface area contributed by atoms with Gasteiger partial charge in [-0.15, -0.1) is 0 Å². The van der Waals surface area contributed by atoms with Crippen molar-refractivity contribution in [3.63, 3.8) is 0 Å². The first-order chi connectivity index (χ1) is 15.2. The zero-order chi connectivity index (χ0) is 23.0. The molecule has 0 aliphatic carbocycles. The summed E-state index contributed by atoms with van der Waals surface area (Å²) >= 11 is 0. The van der Waals surface area contributed by atoms with E-state index in [0.717, 1.165) is 17.5 Å². The highest BCUT2D eigenvalue weighted by Gasteiger charge is 2.38. The van der Waals surface area contributed by atoms with Crippen LogP contribution in [0.25, 0.3) is 11.1 Å². The van der Waals surface area contributed by atoms with E-state index < -0.39 is 11.7 Å². The Labute approximate surface area is 183 Å². The monoisotopic (exact) mass is 449 g/mol. The molecule has 0 aromatic carbocycles. The minimum atomic E-state index is -4.55. The average molecular weight is 449 g/mol. The molecule has 172 valence electrons. The number of alkyl halides is 3. The number of hydrogen-bond donors (Lipinski definition) is 0. The molecular formula is C22H26F3N5O2. The van der Waals surface area contributed by atoms with E-state index in [-0.39, 0.29) is 35.0 Å². The van der Waals surface area contributed by atoms with Gasteiger partial charge in [0.2, 0.25) is 5.91 Å². The molecule has 4 rings (SSSR count). The van der Waals surface area contributed by atoms with E-state index in [9.17, 15) is 18.0 Å². The zero-order valence-corrected chi connectivity index (χ0v) is 18.4. The Bertz CT molecular complexity index is 1130. The largest absolute Gasteiger partial charge is 0.417 e. The van der Waals surface area contributed by atoms with Crippen LogP contribution in [0.15, 0.2) is 16.7 Å². The van der Waals surface area contributed by atoms with E-state index in [4.69, 9.17) is 4.52 Å². The van der Waals surface area contributed by atoms with Crippen LogP contribution in [0.1, 0.15) is 60.4 Å². The van der Waals surface area contributed by atoms with E-state index in [1.54, 1.807) is 16.5 Å². The SMILES string of the molecule is CCc1cc(C(F)(F)F)c2c(C3CCCN(C(=O)CCn4nc(C)cc4C)C3)noc2n1. The lowest BCUT2D eigenvalue weighted by molar-refractivity contribution is -0.136. The fraction of sp³-hybridized carbons (Fsp3) is 0.545. The number of amides is 1. The second-order valence-electron chi connectivity index (χ2n) is 8.34. The lowest BCUT2D eigenvalue weighted by Gasteiger charge is -2.32. The maximum Gasteiger partial charge on any atom is 0.417 e. The topological polar surface area (TPSA) is 77.0 Å². The molecule has 7 nitrogen and oxygen atoms in total. The third-order valence-corrected chi connectivity index (χ3v) is 6.00. The van der Waals surface area contributed by atoms with Crippen LogP contribution >= 0.6 is 0 Å². The molecule has 0 N–H and O–H groups in total. The fourth-order valence-electron chi connectivity index (χ4n) is 4.40. The summed E-state index contributed by atoms with van der Waals surface area (Å²) in [4.78, 5) is 18.7. The minimum Gasteiger partial charge on any atom is -0.342 e. The highest BCUT2D eigenvalue weighted by Crippen LogP contribution is 2.40. The van der Waals surface area contributed by atoms with Gasteiger partial charge < -0.3 is 9.42 Å². The van der Waals surface area contributed by atoms with Crippen molar-refractivity contribution in [3.05, 3.63) is 40.5 Å². The second-order valence-corrected chi connectivity index (χ2v) is 8.34. The number of carbonyl (C=O) groups is 1. The standard InChI is InChI=1S/C22H26F3N5O2/c1-4-16-11-17(22(23,24)25)19-20(28-32-21(19)26-16)15-6-5-8-29(12-15)18(31)7-9-30-14(3)10-13(2)27-30/h10-11,15H,4-9,12H2,1-3H3. The van der Waals surface area contributed by atoms with Crippen molar-refractivity contribution >= 4 is 17.0 Å². The summed E-state index contributed by atoms with van der Waals surface area (Å²) in [5, 5.41) is 8.27. The molecule has 1 atom stereocenters. The van der Waals surface area contributed by atoms with Crippen LogP contribution < -0.4 is 0 Å². The molecule has 1 amide bonds. The lowest BCUT2D eigenvalue weighted by atomic mass is 9.91. The van der Waals surface area contributed by atoms with Crippen LogP contribution in [0.2, 0.25) is 0 Å².